The Labute approximate surface area is 206 Å². The first-order chi connectivity index (χ1) is 17.6. The molecule has 0 spiro atoms. The van der Waals surface area contributed by atoms with E-state index in [4.69, 9.17) is 4.42 Å². The number of rotatable bonds is 8. The molecule has 0 saturated carbocycles. The maximum absolute atomic E-state index is 13.6. The van der Waals surface area contributed by atoms with Crippen molar-refractivity contribution in [3.8, 4) is 0 Å². The van der Waals surface area contributed by atoms with Crippen LogP contribution in [0.5, 0.6) is 0 Å². The highest BCUT2D eigenvalue weighted by atomic mass is 19.1. The van der Waals surface area contributed by atoms with E-state index < -0.39 is 0 Å². The van der Waals surface area contributed by atoms with E-state index in [1.165, 1.54) is 12.1 Å². The average molecular weight is 482 g/mol. The summed E-state index contributed by atoms with van der Waals surface area (Å²) in [6.07, 6.45) is 7.00. The number of aromatic nitrogens is 5. The number of hydrogen-bond donors (Lipinski definition) is 1. The number of halogens is 1. The summed E-state index contributed by atoms with van der Waals surface area (Å²) >= 11 is 0. The first-order valence-electron chi connectivity index (χ1n) is 11.6. The van der Waals surface area contributed by atoms with E-state index >= 15 is 0 Å². The SMILES string of the molecule is CN(Cc1ccco1)Cc1ccn2ncnc(Nc3ccc4c(cnn4Cc4cccc(F)c4)c3)c12. The van der Waals surface area contributed by atoms with Gasteiger partial charge in [-0.2, -0.15) is 10.2 Å². The van der Waals surface area contributed by atoms with Crippen LogP contribution in [0.1, 0.15) is 16.9 Å². The number of hydrogen-bond acceptors (Lipinski definition) is 6. The van der Waals surface area contributed by atoms with Gasteiger partial charge in [-0.25, -0.2) is 13.9 Å². The van der Waals surface area contributed by atoms with Crippen LogP contribution in [0.4, 0.5) is 15.9 Å². The molecule has 0 aliphatic carbocycles. The van der Waals surface area contributed by atoms with Crippen LogP contribution in [0, 0.1) is 5.82 Å². The van der Waals surface area contributed by atoms with E-state index in [0.29, 0.717) is 19.6 Å². The van der Waals surface area contributed by atoms with E-state index in [1.807, 2.05) is 58.0 Å². The summed E-state index contributed by atoms with van der Waals surface area (Å²) in [5.41, 5.74) is 4.76. The summed E-state index contributed by atoms with van der Waals surface area (Å²) < 4.78 is 22.8. The van der Waals surface area contributed by atoms with Crippen molar-refractivity contribution in [2.45, 2.75) is 19.6 Å². The molecule has 0 aliphatic heterocycles. The van der Waals surface area contributed by atoms with Crippen molar-refractivity contribution < 1.29 is 8.81 Å². The van der Waals surface area contributed by atoms with Gasteiger partial charge in [0, 0.05) is 23.8 Å². The van der Waals surface area contributed by atoms with Crippen molar-refractivity contribution >= 4 is 27.9 Å². The molecule has 8 nitrogen and oxygen atoms in total. The van der Waals surface area contributed by atoms with E-state index in [9.17, 15) is 4.39 Å². The van der Waals surface area contributed by atoms with Gasteiger partial charge in [-0.3, -0.25) is 9.58 Å². The maximum atomic E-state index is 13.6. The van der Waals surface area contributed by atoms with Crippen molar-refractivity contribution in [1.29, 1.82) is 0 Å². The fourth-order valence-corrected chi connectivity index (χ4v) is 4.49. The van der Waals surface area contributed by atoms with Gasteiger partial charge in [-0.15, -0.1) is 0 Å². The van der Waals surface area contributed by atoms with E-state index in [0.717, 1.165) is 44.8 Å². The van der Waals surface area contributed by atoms with Crippen molar-refractivity contribution in [2.24, 2.45) is 0 Å². The van der Waals surface area contributed by atoms with Crippen molar-refractivity contribution in [1.82, 2.24) is 29.3 Å². The van der Waals surface area contributed by atoms with E-state index in [1.54, 1.807) is 18.7 Å². The minimum Gasteiger partial charge on any atom is -0.468 e. The fourth-order valence-electron chi connectivity index (χ4n) is 4.49. The van der Waals surface area contributed by atoms with E-state index in [-0.39, 0.29) is 5.82 Å². The quantitative estimate of drug-likeness (QED) is 0.321. The van der Waals surface area contributed by atoms with Gasteiger partial charge in [-0.05, 0) is 66.7 Å². The molecule has 9 heteroatoms. The van der Waals surface area contributed by atoms with Crippen LogP contribution in [-0.4, -0.2) is 36.3 Å². The normalized spacial score (nSPS) is 11.6. The predicted octanol–water partition coefficient (Wildman–Crippen LogP) is 5.24. The lowest BCUT2D eigenvalue weighted by Gasteiger charge is -2.15. The second kappa shape index (κ2) is 9.27. The number of fused-ring (bicyclic) bond motifs is 2. The zero-order valence-electron chi connectivity index (χ0n) is 19.7. The first-order valence-corrected chi connectivity index (χ1v) is 11.6. The monoisotopic (exact) mass is 481 g/mol. The number of furan rings is 1. The third-order valence-electron chi connectivity index (χ3n) is 6.11. The van der Waals surface area contributed by atoms with Gasteiger partial charge in [0.1, 0.15) is 23.4 Å². The summed E-state index contributed by atoms with van der Waals surface area (Å²) in [7, 11) is 2.05. The van der Waals surface area contributed by atoms with Crippen LogP contribution in [0.15, 0.2) is 90.1 Å². The first kappa shape index (κ1) is 22.0. The second-order valence-electron chi connectivity index (χ2n) is 8.83. The third kappa shape index (κ3) is 4.44. The summed E-state index contributed by atoms with van der Waals surface area (Å²) in [5, 5.41) is 13.3. The molecule has 1 N–H and O–H groups in total. The Hall–Kier alpha value is -4.50. The van der Waals surface area contributed by atoms with Gasteiger partial charge in [-0.1, -0.05) is 12.1 Å². The highest BCUT2D eigenvalue weighted by Gasteiger charge is 2.14. The molecule has 180 valence electrons. The molecule has 6 aromatic rings. The molecule has 0 fully saturated rings. The minimum absolute atomic E-state index is 0.247. The highest BCUT2D eigenvalue weighted by molar-refractivity contribution is 5.85. The molecule has 0 amide bonds. The molecule has 4 heterocycles. The summed E-state index contributed by atoms with van der Waals surface area (Å²) in [5.74, 6) is 1.40. The van der Waals surface area contributed by atoms with Gasteiger partial charge in [0.15, 0.2) is 5.82 Å². The minimum atomic E-state index is -0.247. The van der Waals surface area contributed by atoms with Gasteiger partial charge >= 0.3 is 0 Å². The van der Waals surface area contributed by atoms with Gasteiger partial charge in [0.25, 0.3) is 0 Å². The molecular weight excluding hydrogens is 457 g/mol. The Morgan fingerprint density at radius 2 is 1.97 bits per heavy atom. The average Bonchev–Trinajstić information content (AvgIpc) is 3.61. The Kier molecular flexibility index (Phi) is 5.67. The highest BCUT2D eigenvalue weighted by Crippen LogP contribution is 2.27. The van der Waals surface area contributed by atoms with Crippen LogP contribution in [0.25, 0.3) is 16.4 Å². The van der Waals surface area contributed by atoms with E-state index in [2.05, 4.69) is 38.5 Å². The molecule has 36 heavy (non-hydrogen) atoms. The maximum Gasteiger partial charge on any atom is 0.158 e. The van der Waals surface area contributed by atoms with Crippen LogP contribution in [0.2, 0.25) is 0 Å². The number of anilines is 2. The lowest BCUT2D eigenvalue weighted by molar-refractivity contribution is 0.289. The lowest BCUT2D eigenvalue weighted by atomic mass is 10.2. The predicted molar refractivity (Wildman–Crippen MR) is 135 cm³/mol. The van der Waals surface area contributed by atoms with Crippen molar-refractivity contribution in [3.05, 3.63) is 108 Å². The zero-order chi connectivity index (χ0) is 24.5. The topological polar surface area (TPSA) is 76.4 Å². The Morgan fingerprint density at radius 1 is 1.03 bits per heavy atom. The largest absolute Gasteiger partial charge is 0.468 e. The molecule has 0 radical (unpaired) electrons. The zero-order valence-corrected chi connectivity index (χ0v) is 19.7. The van der Waals surface area contributed by atoms with Crippen LogP contribution in [0.3, 0.4) is 0 Å². The summed E-state index contributed by atoms with van der Waals surface area (Å²) in [4.78, 5) is 6.72. The van der Waals surface area contributed by atoms with Crippen molar-refractivity contribution in [2.75, 3.05) is 12.4 Å². The fraction of sp³-hybridized carbons (Fsp3) is 0.148. The molecule has 0 bridgehead atoms. The Bertz CT molecular complexity index is 1640. The second-order valence-corrected chi connectivity index (χ2v) is 8.83. The molecule has 0 atom stereocenters. The van der Waals surface area contributed by atoms with Crippen LogP contribution in [-0.2, 0) is 19.6 Å². The van der Waals surface area contributed by atoms with Crippen molar-refractivity contribution in [3.63, 3.8) is 0 Å². The van der Waals surface area contributed by atoms with Crippen LogP contribution >= 0.6 is 0 Å². The smallest absolute Gasteiger partial charge is 0.158 e. The van der Waals surface area contributed by atoms with Gasteiger partial charge in [0.05, 0.1) is 31.1 Å². The molecule has 0 saturated heterocycles. The lowest BCUT2D eigenvalue weighted by Crippen LogP contribution is -2.17. The van der Waals surface area contributed by atoms with Gasteiger partial charge < -0.3 is 9.73 Å². The third-order valence-corrected chi connectivity index (χ3v) is 6.11. The molecular formula is C27H24FN7O. The molecule has 2 aromatic carbocycles. The number of nitrogens with one attached hydrogen (secondary N) is 1. The molecule has 4 aromatic heterocycles. The molecule has 0 unspecified atom stereocenters. The standard InChI is InChI=1S/C27H24FN7O/c1-33(17-24-6-3-11-36-24)16-20-9-10-34-26(20)27(29-18-31-34)32-23-7-8-25-21(13-23)14-30-35(25)15-19-4-2-5-22(28)12-19/h2-14,18H,15-17H2,1H3,(H,29,31,32). The molecule has 6 rings (SSSR count). The number of benzene rings is 2. The summed E-state index contributed by atoms with van der Waals surface area (Å²) in [6.45, 7) is 1.92. The van der Waals surface area contributed by atoms with Crippen LogP contribution < -0.4 is 5.32 Å². The molecule has 0 aliphatic rings. The summed E-state index contributed by atoms with van der Waals surface area (Å²) in [6, 6.07) is 18.6. The number of nitrogens with zero attached hydrogens (tertiary/aromatic N) is 6. The van der Waals surface area contributed by atoms with Gasteiger partial charge in [0.2, 0.25) is 0 Å². The Balaban J connectivity index is 1.25. The Morgan fingerprint density at radius 3 is 2.83 bits per heavy atom.